The lowest BCUT2D eigenvalue weighted by Gasteiger charge is -2.29. The van der Waals surface area contributed by atoms with Crippen LogP contribution in [0.2, 0.25) is 0 Å². The predicted octanol–water partition coefficient (Wildman–Crippen LogP) is -0.157. The molecule has 1 saturated heterocycles. The number of amides is 3. The second-order valence-corrected chi connectivity index (χ2v) is 4.15. The van der Waals surface area contributed by atoms with Crippen LogP contribution < -0.4 is 5.32 Å². The number of aromatic nitrogens is 1. The standard InChI is InChI=1S/C12H11N3O3/c16-9-4-3-8(11(17)14-9)15-6-7-2-1-5-13-10(7)12(15)18/h1-2,5,8H,3-4,6H2,(H,14,16,17)/i6D2. The Morgan fingerprint density at radius 2 is 2.28 bits per heavy atom. The number of hydrogen-bond acceptors (Lipinski definition) is 4. The molecule has 2 aliphatic rings. The number of hydrogen-bond donors (Lipinski definition) is 1. The van der Waals surface area contributed by atoms with E-state index in [0.717, 1.165) is 4.90 Å². The molecule has 1 aromatic rings. The summed E-state index contributed by atoms with van der Waals surface area (Å²) >= 11 is 0. The first-order valence-corrected chi connectivity index (χ1v) is 5.56. The van der Waals surface area contributed by atoms with Gasteiger partial charge in [-0.3, -0.25) is 24.7 Å². The Morgan fingerprint density at radius 3 is 3.00 bits per heavy atom. The van der Waals surface area contributed by atoms with Gasteiger partial charge in [0, 0.05) is 24.7 Å². The Bertz CT molecular complexity index is 632. The molecule has 3 rings (SSSR count). The van der Waals surface area contributed by atoms with Gasteiger partial charge < -0.3 is 4.90 Å². The molecule has 0 aliphatic carbocycles. The van der Waals surface area contributed by atoms with Gasteiger partial charge in [0.1, 0.15) is 11.7 Å². The number of fused-ring (bicyclic) bond motifs is 1. The van der Waals surface area contributed by atoms with Crippen LogP contribution in [0.5, 0.6) is 0 Å². The number of nitrogens with one attached hydrogen (secondary N) is 1. The van der Waals surface area contributed by atoms with Gasteiger partial charge in [0.25, 0.3) is 5.91 Å². The quantitative estimate of drug-likeness (QED) is 0.699. The van der Waals surface area contributed by atoms with Crippen molar-refractivity contribution < 1.29 is 17.1 Å². The summed E-state index contributed by atoms with van der Waals surface area (Å²) in [6.07, 6.45) is 1.60. The Hall–Kier alpha value is -2.24. The zero-order chi connectivity index (χ0) is 14.5. The van der Waals surface area contributed by atoms with Gasteiger partial charge in [0.15, 0.2) is 0 Å². The van der Waals surface area contributed by atoms with E-state index in [0.29, 0.717) is 0 Å². The fourth-order valence-corrected chi connectivity index (χ4v) is 2.11. The second kappa shape index (κ2) is 3.90. The minimum absolute atomic E-state index is 0.0159. The van der Waals surface area contributed by atoms with Crippen molar-refractivity contribution in [3.05, 3.63) is 29.6 Å². The topological polar surface area (TPSA) is 79.4 Å². The first-order valence-electron chi connectivity index (χ1n) is 6.56. The molecule has 0 saturated carbocycles. The molecule has 2 aliphatic heterocycles. The molecule has 1 fully saturated rings. The third-order valence-electron chi connectivity index (χ3n) is 2.99. The SMILES string of the molecule is [2H]C1([2H])c2cccnc2C(=O)N1C1CCC(=O)NC1=O. The molecule has 3 heterocycles. The van der Waals surface area contributed by atoms with Crippen molar-refractivity contribution in [2.45, 2.75) is 25.4 Å². The summed E-state index contributed by atoms with van der Waals surface area (Å²) in [4.78, 5) is 40.1. The third-order valence-corrected chi connectivity index (χ3v) is 2.99. The minimum Gasteiger partial charge on any atom is -0.321 e. The summed E-state index contributed by atoms with van der Waals surface area (Å²) in [5, 5.41) is 2.13. The molecule has 3 amide bonds. The number of rotatable bonds is 1. The van der Waals surface area contributed by atoms with Crippen LogP contribution in [0, 0.1) is 0 Å². The summed E-state index contributed by atoms with van der Waals surface area (Å²) in [6.45, 7) is -2.11. The van der Waals surface area contributed by atoms with Gasteiger partial charge in [0.05, 0.1) is 2.74 Å². The van der Waals surface area contributed by atoms with Crippen molar-refractivity contribution in [3.63, 3.8) is 0 Å². The van der Waals surface area contributed by atoms with Crippen molar-refractivity contribution in [1.82, 2.24) is 15.2 Å². The minimum atomic E-state index is -2.11. The average molecular weight is 247 g/mol. The number of carbonyl (C=O) groups excluding carboxylic acids is 3. The van der Waals surface area contributed by atoms with E-state index >= 15 is 0 Å². The molecule has 1 unspecified atom stereocenters. The van der Waals surface area contributed by atoms with E-state index in [9.17, 15) is 14.4 Å². The van der Waals surface area contributed by atoms with Crippen LogP contribution in [0.4, 0.5) is 0 Å². The molecule has 18 heavy (non-hydrogen) atoms. The largest absolute Gasteiger partial charge is 0.321 e. The zero-order valence-electron chi connectivity index (χ0n) is 11.3. The fraction of sp³-hybridized carbons (Fsp3) is 0.333. The summed E-state index contributed by atoms with van der Waals surface area (Å²) in [5.74, 6) is -1.68. The van der Waals surface area contributed by atoms with Crippen LogP contribution in [-0.2, 0) is 16.1 Å². The summed E-state index contributed by atoms with van der Waals surface area (Å²) in [5.41, 5.74) is 0.164. The molecule has 6 heteroatoms. The van der Waals surface area contributed by atoms with Crippen LogP contribution in [0.1, 0.15) is 31.6 Å². The predicted molar refractivity (Wildman–Crippen MR) is 60.3 cm³/mol. The van der Waals surface area contributed by atoms with E-state index < -0.39 is 30.3 Å². The van der Waals surface area contributed by atoms with Crippen molar-refractivity contribution >= 4 is 17.7 Å². The summed E-state index contributed by atoms with van der Waals surface area (Å²) in [6, 6.07) is 2.02. The van der Waals surface area contributed by atoms with Crippen molar-refractivity contribution in [2.24, 2.45) is 0 Å². The Labute approximate surface area is 106 Å². The van der Waals surface area contributed by atoms with Gasteiger partial charge in [-0.15, -0.1) is 0 Å². The first kappa shape index (κ1) is 8.79. The van der Waals surface area contributed by atoms with Crippen LogP contribution in [0.25, 0.3) is 0 Å². The monoisotopic (exact) mass is 247 g/mol. The van der Waals surface area contributed by atoms with Gasteiger partial charge in [-0.05, 0) is 12.5 Å². The number of nitrogens with zero attached hydrogens (tertiary/aromatic N) is 2. The van der Waals surface area contributed by atoms with E-state index in [1.807, 2.05) is 0 Å². The van der Waals surface area contributed by atoms with Crippen molar-refractivity contribution in [3.8, 4) is 0 Å². The van der Waals surface area contributed by atoms with E-state index in [-0.39, 0.29) is 24.1 Å². The van der Waals surface area contributed by atoms with Crippen molar-refractivity contribution in [1.29, 1.82) is 0 Å². The summed E-state index contributed by atoms with van der Waals surface area (Å²) in [7, 11) is 0. The molecule has 0 aromatic carbocycles. The van der Waals surface area contributed by atoms with E-state index in [1.54, 1.807) is 0 Å². The van der Waals surface area contributed by atoms with Crippen LogP contribution in [0.3, 0.4) is 0 Å². The lowest BCUT2D eigenvalue weighted by Crippen LogP contribution is -2.52. The average Bonchev–Trinajstić information content (AvgIpc) is 2.60. The lowest BCUT2D eigenvalue weighted by atomic mass is 10.0. The van der Waals surface area contributed by atoms with Gasteiger partial charge >= 0.3 is 0 Å². The van der Waals surface area contributed by atoms with Crippen LogP contribution in [-0.4, -0.2) is 33.6 Å². The molecule has 1 N–H and O–H groups in total. The number of imide groups is 1. The highest BCUT2D eigenvalue weighted by Crippen LogP contribution is 2.25. The van der Waals surface area contributed by atoms with Gasteiger partial charge in [0.2, 0.25) is 11.8 Å². The van der Waals surface area contributed by atoms with Gasteiger partial charge in [-0.1, -0.05) is 6.07 Å². The third kappa shape index (κ3) is 1.57. The summed E-state index contributed by atoms with van der Waals surface area (Å²) < 4.78 is 16.2. The van der Waals surface area contributed by atoms with Gasteiger partial charge in [-0.2, -0.15) is 0 Å². The van der Waals surface area contributed by atoms with E-state index in [4.69, 9.17) is 2.74 Å². The smallest absolute Gasteiger partial charge is 0.273 e. The number of pyridine rings is 1. The molecule has 0 radical (unpaired) electrons. The molecule has 1 aromatic heterocycles. The Kier molecular flexibility index (Phi) is 1.91. The maximum Gasteiger partial charge on any atom is 0.273 e. The fourth-order valence-electron chi connectivity index (χ4n) is 2.11. The molecule has 0 spiro atoms. The highest BCUT2D eigenvalue weighted by atomic mass is 16.2. The normalized spacial score (nSPS) is 27.4. The maximum atomic E-state index is 12.3. The number of piperidine rings is 1. The highest BCUT2D eigenvalue weighted by Gasteiger charge is 2.39. The van der Waals surface area contributed by atoms with Crippen LogP contribution >= 0.6 is 0 Å². The number of carbonyl (C=O) groups is 3. The molecular formula is C12H11N3O3. The zero-order valence-corrected chi connectivity index (χ0v) is 9.34. The van der Waals surface area contributed by atoms with E-state index in [1.165, 1.54) is 18.3 Å². The van der Waals surface area contributed by atoms with Crippen molar-refractivity contribution in [2.75, 3.05) is 0 Å². The maximum absolute atomic E-state index is 12.3. The van der Waals surface area contributed by atoms with E-state index in [2.05, 4.69) is 10.3 Å². The molecule has 0 bridgehead atoms. The Morgan fingerprint density at radius 1 is 1.44 bits per heavy atom. The molecule has 92 valence electrons. The van der Waals surface area contributed by atoms with Gasteiger partial charge in [-0.25, -0.2) is 0 Å². The molecule has 6 nitrogen and oxygen atoms in total. The first-order chi connectivity index (χ1) is 9.43. The second-order valence-electron chi connectivity index (χ2n) is 4.15. The molecular weight excluding hydrogens is 234 g/mol. The highest BCUT2D eigenvalue weighted by molar-refractivity contribution is 6.04. The molecule has 1 atom stereocenters. The Balaban J connectivity index is 2.02. The lowest BCUT2D eigenvalue weighted by molar-refractivity contribution is -0.136. The van der Waals surface area contributed by atoms with Crippen LogP contribution in [0.15, 0.2) is 18.3 Å².